The van der Waals surface area contributed by atoms with Gasteiger partial charge in [-0.2, -0.15) is 11.8 Å². The standard InChI is InChI=1S/C15H25N3S/c1-5-16-9-14-10-17-11(2)8-15(14)18-6-7-19-13(4)12(18)3/h8,10,12-13,16H,5-7,9H2,1-4H3. The topological polar surface area (TPSA) is 28.2 Å². The van der Waals surface area contributed by atoms with Crippen molar-refractivity contribution in [3.8, 4) is 0 Å². The Morgan fingerprint density at radius 1 is 1.47 bits per heavy atom. The molecule has 1 aliphatic rings. The van der Waals surface area contributed by atoms with Crippen LogP contribution in [0, 0.1) is 6.92 Å². The van der Waals surface area contributed by atoms with E-state index in [0.29, 0.717) is 11.3 Å². The van der Waals surface area contributed by atoms with Gasteiger partial charge in [-0.3, -0.25) is 4.98 Å². The molecule has 4 heteroatoms. The maximum atomic E-state index is 4.46. The quantitative estimate of drug-likeness (QED) is 0.917. The monoisotopic (exact) mass is 279 g/mol. The van der Waals surface area contributed by atoms with Crippen LogP contribution in [0.15, 0.2) is 12.3 Å². The van der Waals surface area contributed by atoms with Gasteiger partial charge in [-0.25, -0.2) is 0 Å². The number of hydrogen-bond acceptors (Lipinski definition) is 4. The zero-order valence-electron chi connectivity index (χ0n) is 12.4. The number of aromatic nitrogens is 1. The van der Waals surface area contributed by atoms with E-state index in [-0.39, 0.29) is 0 Å². The van der Waals surface area contributed by atoms with E-state index < -0.39 is 0 Å². The van der Waals surface area contributed by atoms with Gasteiger partial charge >= 0.3 is 0 Å². The maximum Gasteiger partial charge on any atom is 0.0448 e. The van der Waals surface area contributed by atoms with Crippen molar-refractivity contribution in [1.29, 1.82) is 0 Å². The second-order valence-corrected chi connectivity index (χ2v) is 6.73. The fraction of sp³-hybridized carbons (Fsp3) is 0.667. The zero-order valence-corrected chi connectivity index (χ0v) is 13.3. The highest BCUT2D eigenvalue weighted by Crippen LogP contribution is 2.31. The second kappa shape index (κ2) is 6.62. The molecule has 0 aromatic carbocycles. The minimum Gasteiger partial charge on any atom is -0.367 e. The summed E-state index contributed by atoms with van der Waals surface area (Å²) in [4.78, 5) is 7.02. The van der Waals surface area contributed by atoms with Crippen LogP contribution >= 0.6 is 11.8 Å². The van der Waals surface area contributed by atoms with Crippen LogP contribution in [-0.2, 0) is 6.54 Å². The third-order valence-corrected chi connectivity index (χ3v) is 5.20. The van der Waals surface area contributed by atoms with Crippen molar-refractivity contribution < 1.29 is 0 Å². The van der Waals surface area contributed by atoms with Gasteiger partial charge in [0, 0.05) is 53.3 Å². The van der Waals surface area contributed by atoms with E-state index in [1.165, 1.54) is 17.0 Å². The number of anilines is 1. The van der Waals surface area contributed by atoms with Crippen molar-refractivity contribution in [3.05, 3.63) is 23.5 Å². The van der Waals surface area contributed by atoms with Crippen LogP contribution in [0.4, 0.5) is 5.69 Å². The Hall–Kier alpha value is -0.740. The minimum absolute atomic E-state index is 0.584. The van der Waals surface area contributed by atoms with E-state index >= 15 is 0 Å². The summed E-state index contributed by atoms with van der Waals surface area (Å²) in [5.41, 5.74) is 3.79. The van der Waals surface area contributed by atoms with Crippen molar-refractivity contribution >= 4 is 17.4 Å². The first-order valence-corrected chi connectivity index (χ1v) is 8.22. The van der Waals surface area contributed by atoms with Gasteiger partial charge in [0.25, 0.3) is 0 Å². The highest BCUT2D eigenvalue weighted by molar-refractivity contribution is 8.00. The Balaban J connectivity index is 2.28. The minimum atomic E-state index is 0.584. The Morgan fingerprint density at radius 2 is 2.26 bits per heavy atom. The summed E-state index contributed by atoms with van der Waals surface area (Å²) in [6, 6.07) is 2.83. The lowest BCUT2D eigenvalue weighted by Crippen LogP contribution is -2.45. The van der Waals surface area contributed by atoms with Crippen LogP contribution < -0.4 is 10.2 Å². The summed E-state index contributed by atoms with van der Waals surface area (Å²) < 4.78 is 0. The number of aryl methyl sites for hydroxylation is 1. The van der Waals surface area contributed by atoms with Crippen LogP contribution in [-0.4, -0.2) is 35.1 Å². The highest BCUT2D eigenvalue weighted by Gasteiger charge is 2.26. The van der Waals surface area contributed by atoms with Crippen LogP contribution in [0.5, 0.6) is 0 Å². The number of rotatable bonds is 4. The van der Waals surface area contributed by atoms with E-state index in [9.17, 15) is 0 Å². The molecule has 1 N–H and O–H groups in total. The molecular weight excluding hydrogens is 254 g/mol. The summed E-state index contributed by atoms with van der Waals surface area (Å²) >= 11 is 2.08. The van der Waals surface area contributed by atoms with Gasteiger partial charge in [0.1, 0.15) is 0 Å². The Morgan fingerprint density at radius 3 is 3.00 bits per heavy atom. The predicted molar refractivity (Wildman–Crippen MR) is 85.1 cm³/mol. The number of hydrogen-bond donors (Lipinski definition) is 1. The lowest BCUT2D eigenvalue weighted by atomic mass is 10.1. The first kappa shape index (κ1) is 14.7. The zero-order chi connectivity index (χ0) is 13.8. The largest absolute Gasteiger partial charge is 0.367 e. The van der Waals surface area contributed by atoms with Crippen molar-refractivity contribution in [2.45, 2.75) is 45.5 Å². The molecule has 1 fully saturated rings. The molecule has 0 bridgehead atoms. The van der Waals surface area contributed by atoms with E-state index in [0.717, 1.165) is 25.3 Å². The molecule has 1 saturated heterocycles. The van der Waals surface area contributed by atoms with Gasteiger partial charge < -0.3 is 10.2 Å². The molecule has 0 amide bonds. The van der Waals surface area contributed by atoms with Gasteiger partial charge in [0.15, 0.2) is 0 Å². The summed E-state index contributed by atoms with van der Waals surface area (Å²) in [5.74, 6) is 1.22. The van der Waals surface area contributed by atoms with E-state index in [4.69, 9.17) is 0 Å². The van der Waals surface area contributed by atoms with Crippen LogP contribution in [0.25, 0.3) is 0 Å². The number of nitrogens with one attached hydrogen (secondary N) is 1. The van der Waals surface area contributed by atoms with E-state index in [2.05, 4.69) is 60.7 Å². The van der Waals surface area contributed by atoms with Gasteiger partial charge in [-0.1, -0.05) is 13.8 Å². The maximum absolute atomic E-state index is 4.46. The highest BCUT2D eigenvalue weighted by atomic mass is 32.2. The molecule has 2 rings (SSSR count). The average molecular weight is 279 g/mol. The first-order valence-electron chi connectivity index (χ1n) is 7.18. The molecule has 2 unspecified atom stereocenters. The third kappa shape index (κ3) is 3.42. The number of pyridine rings is 1. The summed E-state index contributed by atoms with van der Waals surface area (Å²) in [5, 5.41) is 4.11. The van der Waals surface area contributed by atoms with E-state index in [1.807, 2.05) is 6.20 Å². The molecular formula is C15H25N3S. The molecule has 0 spiro atoms. The fourth-order valence-corrected chi connectivity index (χ4v) is 3.61. The molecule has 3 nitrogen and oxygen atoms in total. The molecule has 0 aliphatic carbocycles. The second-order valence-electron chi connectivity index (χ2n) is 5.24. The number of thioether (sulfide) groups is 1. The summed E-state index contributed by atoms with van der Waals surface area (Å²) in [7, 11) is 0. The molecule has 1 aromatic heterocycles. The lowest BCUT2D eigenvalue weighted by molar-refractivity contribution is 0.620. The molecule has 2 atom stereocenters. The van der Waals surface area contributed by atoms with Gasteiger partial charge in [-0.05, 0) is 26.5 Å². The Bertz CT molecular complexity index is 422. The van der Waals surface area contributed by atoms with Crippen molar-refractivity contribution in [3.63, 3.8) is 0 Å². The fourth-order valence-electron chi connectivity index (χ4n) is 2.51. The molecule has 19 heavy (non-hydrogen) atoms. The number of nitrogens with zero attached hydrogens (tertiary/aromatic N) is 2. The Kier molecular flexibility index (Phi) is 5.11. The van der Waals surface area contributed by atoms with E-state index in [1.54, 1.807) is 0 Å². The SMILES string of the molecule is CCNCc1cnc(C)cc1N1CCSC(C)C1C. The average Bonchev–Trinajstić information content (AvgIpc) is 2.40. The summed E-state index contributed by atoms with van der Waals surface area (Å²) in [6.07, 6.45) is 2.03. The van der Waals surface area contributed by atoms with Gasteiger partial charge in [0.05, 0.1) is 0 Å². The molecule has 1 aromatic rings. The first-order chi connectivity index (χ1) is 9.13. The third-order valence-electron chi connectivity index (χ3n) is 3.86. The smallest absolute Gasteiger partial charge is 0.0448 e. The molecule has 106 valence electrons. The molecule has 1 aliphatic heterocycles. The van der Waals surface area contributed by atoms with Gasteiger partial charge in [0.2, 0.25) is 0 Å². The van der Waals surface area contributed by atoms with Crippen molar-refractivity contribution in [1.82, 2.24) is 10.3 Å². The van der Waals surface area contributed by atoms with Crippen LogP contribution in [0.2, 0.25) is 0 Å². The molecule has 0 radical (unpaired) electrons. The normalized spacial score (nSPS) is 23.7. The Labute approximate surface area is 121 Å². The lowest BCUT2D eigenvalue weighted by Gasteiger charge is -2.40. The van der Waals surface area contributed by atoms with Crippen LogP contribution in [0.1, 0.15) is 32.0 Å². The van der Waals surface area contributed by atoms with Gasteiger partial charge in [-0.15, -0.1) is 0 Å². The molecule has 0 saturated carbocycles. The van der Waals surface area contributed by atoms with Crippen LogP contribution in [0.3, 0.4) is 0 Å². The predicted octanol–water partition coefficient (Wildman–Crippen LogP) is 2.83. The van der Waals surface area contributed by atoms with Crippen molar-refractivity contribution in [2.24, 2.45) is 0 Å². The molecule has 2 heterocycles. The summed E-state index contributed by atoms with van der Waals surface area (Å²) in [6.45, 7) is 11.9. The van der Waals surface area contributed by atoms with Crippen molar-refractivity contribution in [2.75, 3.05) is 23.7 Å².